The third kappa shape index (κ3) is 6.47. The van der Waals surface area contributed by atoms with E-state index in [2.05, 4.69) is 26.1 Å². The van der Waals surface area contributed by atoms with Gasteiger partial charge in [-0.05, 0) is 57.2 Å². The Morgan fingerprint density at radius 2 is 1.77 bits per heavy atom. The first-order valence-corrected chi connectivity index (χ1v) is 10.8. The van der Waals surface area contributed by atoms with Crippen LogP contribution < -0.4 is 9.62 Å². The maximum absolute atomic E-state index is 12.9. The molecule has 1 aromatic rings. The zero-order valence-corrected chi connectivity index (χ0v) is 18.5. The Morgan fingerprint density at radius 3 is 2.23 bits per heavy atom. The highest BCUT2D eigenvalue weighted by Crippen LogP contribution is 2.30. The van der Waals surface area contributed by atoms with Crippen molar-refractivity contribution in [3.63, 3.8) is 0 Å². The summed E-state index contributed by atoms with van der Waals surface area (Å²) in [4.78, 5) is 12.9. The van der Waals surface area contributed by atoms with Crippen molar-refractivity contribution in [1.82, 2.24) is 5.32 Å². The number of nitrogens with zero attached hydrogens (tertiary/aromatic N) is 1. The van der Waals surface area contributed by atoms with Crippen LogP contribution in [0.2, 0.25) is 5.02 Å². The van der Waals surface area contributed by atoms with Gasteiger partial charge in [-0.15, -0.1) is 0 Å². The second-order valence-corrected chi connectivity index (χ2v) is 11.1. The van der Waals surface area contributed by atoms with Crippen LogP contribution in [0.3, 0.4) is 0 Å². The van der Waals surface area contributed by atoms with Crippen LogP contribution in [0.5, 0.6) is 0 Å². The highest BCUT2D eigenvalue weighted by molar-refractivity contribution is 7.92. The van der Waals surface area contributed by atoms with Crippen LogP contribution >= 0.6 is 11.6 Å². The normalized spacial score (nSPS) is 14.0. The molecule has 0 saturated carbocycles. The van der Waals surface area contributed by atoms with Crippen LogP contribution in [0.25, 0.3) is 0 Å². The molecule has 0 bridgehead atoms. The number of carbonyl (C=O) groups is 1. The highest BCUT2D eigenvalue weighted by atomic mass is 35.5. The standard InChI is InChI=1S/C19H31ClN2O3S/c1-13-9-10-15(20)11-16(13)22(26(8,24)25)14(2)17(23)21-19(6,7)12-18(3,4)5/h9-11,14H,12H2,1-8H3,(H,21,23)/t14-/m1/s1. The van der Waals surface area contributed by atoms with Gasteiger partial charge in [-0.25, -0.2) is 8.42 Å². The first-order valence-electron chi connectivity index (χ1n) is 8.61. The molecular formula is C19H31ClN2O3S. The number of carbonyl (C=O) groups excluding carboxylic acids is 1. The van der Waals surface area contributed by atoms with Crippen molar-refractivity contribution in [2.75, 3.05) is 10.6 Å². The minimum atomic E-state index is -3.68. The zero-order valence-electron chi connectivity index (χ0n) is 17.0. The van der Waals surface area contributed by atoms with Crippen LogP contribution in [-0.2, 0) is 14.8 Å². The Labute approximate surface area is 163 Å². The van der Waals surface area contributed by atoms with E-state index in [1.165, 1.54) is 0 Å². The van der Waals surface area contributed by atoms with Crippen molar-refractivity contribution in [1.29, 1.82) is 0 Å². The molecule has 26 heavy (non-hydrogen) atoms. The fraction of sp³-hybridized carbons (Fsp3) is 0.632. The number of sulfonamides is 1. The van der Waals surface area contributed by atoms with Crippen LogP contribution in [0, 0.1) is 12.3 Å². The number of benzene rings is 1. The summed E-state index contributed by atoms with van der Waals surface area (Å²) in [5, 5.41) is 3.41. The first kappa shape index (κ1) is 22.8. The largest absolute Gasteiger partial charge is 0.349 e. The molecule has 7 heteroatoms. The average molecular weight is 403 g/mol. The maximum Gasteiger partial charge on any atom is 0.244 e. The maximum atomic E-state index is 12.9. The molecule has 1 rings (SSSR count). The molecule has 1 aromatic carbocycles. The number of amides is 1. The average Bonchev–Trinajstić information content (AvgIpc) is 2.37. The minimum Gasteiger partial charge on any atom is -0.349 e. The molecule has 0 aliphatic heterocycles. The Bertz CT molecular complexity index is 767. The molecule has 1 amide bonds. The molecule has 1 N–H and O–H groups in total. The summed E-state index contributed by atoms with van der Waals surface area (Å²) >= 11 is 6.05. The van der Waals surface area contributed by atoms with Gasteiger partial charge < -0.3 is 5.32 Å². The second-order valence-electron chi connectivity index (χ2n) is 8.78. The molecule has 0 aromatic heterocycles. The lowest BCUT2D eigenvalue weighted by atomic mass is 9.81. The first-order chi connectivity index (χ1) is 11.5. The van der Waals surface area contributed by atoms with Gasteiger partial charge in [0.1, 0.15) is 6.04 Å². The fourth-order valence-electron chi connectivity index (χ4n) is 3.41. The molecule has 1 atom stereocenters. The molecule has 0 saturated heterocycles. The van der Waals surface area contributed by atoms with Gasteiger partial charge in [0, 0.05) is 10.6 Å². The summed E-state index contributed by atoms with van der Waals surface area (Å²) in [7, 11) is -3.68. The molecule has 0 radical (unpaired) electrons. The van der Waals surface area contributed by atoms with E-state index in [0.717, 1.165) is 22.5 Å². The number of rotatable bonds is 6. The molecule has 0 spiro atoms. The van der Waals surface area contributed by atoms with Crippen molar-refractivity contribution in [3.8, 4) is 0 Å². The van der Waals surface area contributed by atoms with Gasteiger partial charge in [0.15, 0.2) is 0 Å². The van der Waals surface area contributed by atoms with Crippen molar-refractivity contribution in [2.45, 2.75) is 66.5 Å². The molecule has 148 valence electrons. The molecule has 5 nitrogen and oxygen atoms in total. The van der Waals surface area contributed by atoms with E-state index in [1.807, 2.05) is 13.8 Å². The van der Waals surface area contributed by atoms with Gasteiger partial charge in [-0.3, -0.25) is 9.10 Å². The Morgan fingerprint density at radius 1 is 1.23 bits per heavy atom. The van der Waals surface area contributed by atoms with Crippen LogP contribution in [0.4, 0.5) is 5.69 Å². The summed E-state index contributed by atoms with van der Waals surface area (Å²) < 4.78 is 26.0. The van der Waals surface area contributed by atoms with E-state index < -0.39 is 21.6 Å². The van der Waals surface area contributed by atoms with E-state index >= 15 is 0 Å². The van der Waals surface area contributed by atoms with E-state index in [0.29, 0.717) is 10.7 Å². The van der Waals surface area contributed by atoms with E-state index in [9.17, 15) is 13.2 Å². The quantitative estimate of drug-likeness (QED) is 0.777. The highest BCUT2D eigenvalue weighted by Gasteiger charge is 2.34. The second kappa shape index (κ2) is 7.77. The third-order valence-electron chi connectivity index (χ3n) is 3.93. The summed E-state index contributed by atoms with van der Waals surface area (Å²) in [6.45, 7) is 13.6. The summed E-state index contributed by atoms with van der Waals surface area (Å²) in [5.74, 6) is -0.343. The number of anilines is 1. The van der Waals surface area contributed by atoms with E-state index in [1.54, 1.807) is 32.0 Å². The van der Waals surface area contributed by atoms with Crippen LogP contribution in [-0.4, -0.2) is 32.2 Å². The SMILES string of the molecule is Cc1ccc(Cl)cc1N([C@H](C)C(=O)NC(C)(C)CC(C)(C)C)S(C)(=O)=O. The van der Waals surface area contributed by atoms with Crippen molar-refractivity contribution < 1.29 is 13.2 Å². The Kier molecular flexibility index (Phi) is 6.80. The number of hydrogen-bond acceptors (Lipinski definition) is 3. The van der Waals surface area contributed by atoms with Crippen molar-refractivity contribution in [3.05, 3.63) is 28.8 Å². The predicted molar refractivity (Wildman–Crippen MR) is 109 cm³/mol. The smallest absolute Gasteiger partial charge is 0.244 e. The zero-order chi connectivity index (χ0) is 20.5. The van der Waals surface area contributed by atoms with E-state index in [4.69, 9.17) is 11.6 Å². The molecule has 0 fully saturated rings. The summed E-state index contributed by atoms with van der Waals surface area (Å²) in [5.41, 5.74) is 0.709. The van der Waals surface area contributed by atoms with E-state index in [-0.39, 0.29) is 11.3 Å². The molecular weight excluding hydrogens is 372 g/mol. The lowest BCUT2D eigenvalue weighted by molar-refractivity contribution is -0.123. The van der Waals surface area contributed by atoms with Gasteiger partial charge >= 0.3 is 0 Å². The summed E-state index contributed by atoms with van der Waals surface area (Å²) in [6.07, 6.45) is 1.85. The van der Waals surface area contributed by atoms with Gasteiger partial charge in [0.05, 0.1) is 11.9 Å². The molecule has 0 heterocycles. The topological polar surface area (TPSA) is 66.5 Å². The Balaban J connectivity index is 3.21. The monoisotopic (exact) mass is 402 g/mol. The van der Waals surface area contributed by atoms with Crippen LogP contribution in [0.1, 0.15) is 53.5 Å². The molecule has 0 aliphatic carbocycles. The number of aryl methyl sites for hydroxylation is 1. The van der Waals surface area contributed by atoms with Gasteiger partial charge in [0.25, 0.3) is 0 Å². The number of hydrogen-bond donors (Lipinski definition) is 1. The fourth-order valence-corrected chi connectivity index (χ4v) is 4.80. The molecule has 0 aliphatic rings. The lowest BCUT2D eigenvalue weighted by Gasteiger charge is -2.36. The summed E-state index contributed by atoms with van der Waals surface area (Å²) in [6, 6.07) is 4.10. The molecule has 0 unspecified atom stereocenters. The Hall–Kier alpha value is -1.27. The predicted octanol–water partition coefficient (Wildman–Crippen LogP) is 4.13. The van der Waals surface area contributed by atoms with Crippen molar-refractivity contribution in [2.24, 2.45) is 5.41 Å². The minimum absolute atomic E-state index is 0.0279. The van der Waals surface area contributed by atoms with Gasteiger partial charge in [-0.1, -0.05) is 38.4 Å². The lowest BCUT2D eigenvalue weighted by Crippen LogP contribution is -2.54. The van der Waals surface area contributed by atoms with Gasteiger partial charge in [0.2, 0.25) is 15.9 Å². The van der Waals surface area contributed by atoms with Crippen molar-refractivity contribution >= 4 is 33.2 Å². The third-order valence-corrected chi connectivity index (χ3v) is 5.39. The van der Waals surface area contributed by atoms with Gasteiger partial charge in [-0.2, -0.15) is 0 Å². The number of halogens is 1. The number of nitrogens with one attached hydrogen (secondary N) is 1. The van der Waals surface area contributed by atoms with Crippen LogP contribution in [0.15, 0.2) is 18.2 Å².